The van der Waals surface area contributed by atoms with Gasteiger partial charge in [0.2, 0.25) is 0 Å². The first-order valence-electron chi connectivity index (χ1n) is 6.13. The van der Waals surface area contributed by atoms with E-state index in [9.17, 15) is 14.0 Å². The van der Waals surface area contributed by atoms with Gasteiger partial charge in [0.05, 0.1) is 16.8 Å². The maximum atomic E-state index is 14.1. The van der Waals surface area contributed by atoms with Crippen LogP contribution >= 0.6 is 12.2 Å². The van der Waals surface area contributed by atoms with Crippen molar-refractivity contribution < 1.29 is 8.78 Å². The summed E-state index contributed by atoms with van der Waals surface area (Å²) in [5.41, 5.74) is 1.92. The zero-order valence-electron chi connectivity index (χ0n) is 10.9. The number of aryl methyl sites for hydroxylation is 1. The Morgan fingerprint density at radius 2 is 2.00 bits per heavy atom. The minimum Gasteiger partial charge on any atom is -0.330 e. The van der Waals surface area contributed by atoms with Crippen LogP contribution in [0.4, 0.5) is 8.78 Å². The molecule has 6 heteroatoms. The van der Waals surface area contributed by atoms with E-state index in [1.54, 1.807) is 25.1 Å². The van der Waals surface area contributed by atoms with E-state index in [-0.39, 0.29) is 10.3 Å². The van der Waals surface area contributed by atoms with Crippen LogP contribution in [0.2, 0.25) is 0 Å². The lowest BCUT2D eigenvalue weighted by Crippen LogP contribution is -2.01. The fourth-order valence-electron chi connectivity index (χ4n) is 2.35. The van der Waals surface area contributed by atoms with E-state index < -0.39 is 11.6 Å². The molecule has 3 nitrogen and oxygen atoms in total. The number of halogens is 2. The zero-order chi connectivity index (χ0) is 15.1. The van der Waals surface area contributed by atoms with Crippen molar-refractivity contribution in [2.75, 3.05) is 0 Å². The summed E-state index contributed by atoms with van der Waals surface area (Å²) in [5, 5.41) is 9.31. The van der Waals surface area contributed by atoms with E-state index in [0.29, 0.717) is 16.8 Å². The highest BCUT2D eigenvalue weighted by molar-refractivity contribution is 7.71. The van der Waals surface area contributed by atoms with E-state index in [2.05, 4.69) is 11.1 Å². The summed E-state index contributed by atoms with van der Waals surface area (Å²) < 4.78 is 29.2. The van der Waals surface area contributed by atoms with E-state index in [4.69, 9.17) is 12.2 Å². The van der Waals surface area contributed by atoms with Crippen molar-refractivity contribution >= 4 is 23.3 Å². The number of fused-ring (bicyclic) bond motifs is 1. The van der Waals surface area contributed by atoms with Crippen LogP contribution in [0.15, 0.2) is 30.3 Å². The van der Waals surface area contributed by atoms with Gasteiger partial charge in [-0.05, 0) is 42.9 Å². The Kier molecular flexibility index (Phi) is 3.07. The van der Waals surface area contributed by atoms with Gasteiger partial charge in [-0.1, -0.05) is 12.1 Å². The number of H-pyrrole nitrogens is 1. The van der Waals surface area contributed by atoms with Crippen molar-refractivity contribution in [1.29, 1.82) is 5.26 Å². The predicted molar refractivity (Wildman–Crippen MR) is 77.8 cm³/mol. The van der Waals surface area contributed by atoms with Crippen LogP contribution in [0, 0.1) is 34.7 Å². The topological polar surface area (TPSA) is 44.5 Å². The minimum atomic E-state index is -0.995. The number of rotatable bonds is 1. The molecule has 3 rings (SSSR count). The first-order chi connectivity index (χ1) is 10.0. The van der Waals surface area contributed by atoms with Crippen LogP contribution in [-0.4, -0.2) is 9.55 Å². The first kappa shape index (κ1) is 13.5. The number of nitriles is 1. The number of nitrogens with zero attached hydrogens (tertiary/aromatic N) is 2. The lowest BCUT2D eigenvalue weighted by atomic mass is 10.1. The standard InChI is InChI=1S/C15H9F2N3S/c1-8-3-2-4-12(9(8)7-18)20-14-11(19-15(20)21)6-5-10(16)13(14)17/h2-6H,1H3,(H,19,21). The summed E-state index contributed by atoms with van der Waals surface area (Å²) in [6.45, 7) is 1.78. The molecule has 0 fully saturated rings. The molecule has 1 aromatic heterocycles. The second kappa shape index (κ2) is 4.79. The summed E-state index contributed by atoms with van der Waals surface area (Å²) in [6, 6.07) is 9.70. The predicted octanol–water partition coefficient (Wildman–Crippen LogP) is 4.15. The number of hydrogen-bond acceptors (Lipinski definition) is 2. The van der Waals surface area contributed by atoms with Crippen LogP contribution in [0.25, 0.3) is 16.7 Å². The van der Waals surface area contributed by atoms with Crippen molar-refractivity contribution in [3.8, 4) is 11.8 Å². The number of aromatic nitrogens is 2. The highest BCUT2D eigenvalue weighted by atomic mass is 32.1. The lowest BCUT2D eigenvalue weighted by Gasteiger charge is -2.09. The molecule has 104 valence electrons. The number of benzene rings is 2. The Hall–Kier alpha value is -2.52. The quantitative estimate of drug-likeness (QED) is 0.686. The van der Waals surface area contributed by atoms with Gasteiger partial charge >= 0.3 is 0 Å². The minimum absolute atomic E-state index is 0.00194. The van der Waals surface area contributed by atoms with Gasteiger partial charge in [0, 0.05) is 0 Å². The van der Waals surface area contributed by atoms with Gasteiger partial charge in [0.15, 0.2) is 16.4 Å². The van der Waals surface area contributed by atoms with Crippen molar-refractivity contribution in [2.24, 2.45) is 0 Å². The molecule has 1 heterocycles. The van der Waals surface area contributed by atoms with Gasteiger partial charge in [0.1, 0.15) is 11.6 Å². The lowest BCUT2D eigenvalue weighted by molar-refractivity contribution is 0.514. The molecular weight excluding hydrogens is 292 g/mol. The summed E-state index contributed by atoms with van der Waals surface area (Å²) in [6.07, 6.45) is 0. The number of imidazole rings is 1. The zero-order valence-corrected chi connectivity index (χ0v) is 11.8. The fraction of sp³-hybridized carbons (Fsp3) is 0.0667. The van der Waals surface area contributed by atoms with Crippen LogP contribution in [-0.2, 0) is 0 Å². The highest BCUT2D eigenvalue weighted by Gasteiger charge is 2.17. The molecule has 2 aromatic carbocycles. The fourth-order valence-corrected chi connectivity index (χ4v) is 2.65. The Bertz CT molecular complexity index is 963. The molecule has 0 atom stereocenters. The van der Waals surface area contributed by atoms with Crippen LogP contribution in [0.5, 0.6) is 0 Å². The smallest absolute Gasteiger partial charge is 0.184 e. The molecule has 0 radical (unpaired) electrons. The maximum Gasteiger partial charge on any atom is 0.184 e. The van der Waals surface area contributed by atoms with Gasteiger partial charge in [-0.3, -0.25) is 4.57 Å². The maximum absolute atomic E-state index is 14.1. The van der Waals surface area contributed by atoms with Crippen molar-refractivity contribution in [3.63, 3.8) is 0 Å². The third kappa shape index (κ3) is 1.94. The molecule has 0 aliphatic carbocycles. The summed E-state index contributed by atoms with van der Waals surface area (Å²) in [4.78, 5) is 2.83. The first-order valence-corrected chi connectivity index (χ1v) is 6.54. The number of aromatic amines is 1. The molecule has 0 aliphatic heterocycles. The number of hydrogen-bond donors (Lipinski definition) is 1. The Morgan fingerprint density at radius 3 is 2.71 bits per heavy atom. The van der Waals surface area contributed by atoms with Crippen molar-refractivity contribution in [2.45, 2.75) is 6.92 Å². The summed E-state index contributed by atoms with van der Waals surface area (Å²) in [5.74, 6) is -1.96. The van der Waals surface area contributed by atoms with Gasteiger partial charge < -0.3 is 4.98 Å². The van der Waals surface area contributed by atoms with Crippen LogP contribution in [0.1, 0.15) is 11.1 Å². The van der Waals surface area contributed by atoms with Crippen LogP contribution < -0.4 is 0 Å². The van der Waals surface area contributed by atoms with Gasteiger partial charge in [0.25, 0.3) is 0 Å². The van der Waals surface area contributed by atoms with E-state index in [1.165, 1.54) is 10.6 Å². The average molecular weight is 301 g/mol. The van der Waals surface area contributed by atoms with E-state index >= 15 is 0 Å². The monoisotopic (exact) mass is 301 g/mol. The molecule has 0 saturated carbocycles. The molecule has 0 amide bonds. The molecule has 0 spiro atoms. The molecule has 0 bridgehead atoms. The summed E-state index contributed by atoms with van der Waals surface area (Å²) >= 11 is 5.20. The van der Waals surface area contributed by atoms with Gasteiger partial charge in [-0.25, -0.2) is 8.78 Å². The molecule has 21 heavy (non-hydrogen) atoms. The van der Waals surface area contributed by atoms with Crippen molar-refractivity contribution in [1.82, 2.24) is 9.55 Å². The molecule has 3 aromatic rings. The van der Waals surface area contributed by atoms with Gasteiger partial charge in [-0.2, -0.15) is 5.26 Å². The van der Waals surface area contributed by atoms with Crippen LogP contribution in [0.3, 0.4) is 0 Å². The Balaban J connectivity index is 2.50. The van der Waals surface area contributed by atoms with E-state index in [1.807, 2.05) is 0 Å². The Morgan fingerprint density at radius 1 is 1.24 bits per heavy atom. The average Bonchev–Trinajstić information content (AvgIpc) is 2.79. The van der Waals surface area contributed by atoms with E-state index in [0.717, 1.165) is 11.6 Å². The van der Waals surface area contributed by atoms with Gasteiger partial charge in [-0.15, -0.1) is 0 Å². The molecule has 1 N–H and O–H groups in total. The molecule has 0 aliphatic rings. The third-order valence-corrected chi connectivity index (χ3v) is 3.63. The molecule has 0 unspecified atom stereocenters. The second-order valence-electron chi connectivity index (χ2n) is 4.60. The molecule has 0 saturated heterocycles. The third-order valence-electron chi connectivity index (χ3n) is 3.34. The highest BCUT2D eigenvalue weighted by Crippen LogP contribution is 2.26. The summed E-state index contributed by atoms with van der Waals surface area (Å²) in [7, 11) is 0. The number of nitrogens with one attached hydrogen (secondary N) is 1. The van der Waals surface area contributed by atoms with Crippen molar-refractivity contribution in [3.05, 3.63) is 57.9 Å². The normalized spacial score (nSPS) is 10.8. The largest absolute Gasteiger partial charge is 0.330 e. The Labute approximate surface area is 124 Å². The SMILES string of the molecule is Cc1cccc(-n2c(=S)[nH]c3ccc(F)c(F)c32)c1C#N. The molecular formula is C15H9F2N3S. The second-order valence-corrected chi connectivity index (χ2v) is 4.99.